The fourth-order valence-electron chi connectivity index (χ4n) is 2.37. The van der Waals surface area contributed by atoms with Gasteiger partial charge in [-0.25, -0.2) is 9.50 Å². The molecule has 0 aliphatic rings. The summed E-state index contributed by atoms with van der Waals surface area (Å²) in [4.78, 5) is 4.22. The van der Waals surface area contributed by atoms with Gasteiger partial charge in [0, 0.05) is 11.4 Å². The van der Waals surface area contributed by atoms with Gasteiger partial charge in [0.1, 0.15) is 11.6 Å². The van der Waals surface area contributed by atoms with Crippen LogP contribution in [0.15, 0.2) is 29.3 Å². The third-order valence-electron chi connectivity index (χ3n) is 3.43. The van der Waals surface area contributed by atoms with E-state index in [9.17, 15) is 13.7 Å². The molecule has 0 amide bonds. The molecule has 0 aliphatic carbocycles. The Bertz CT molecular complexity index is 1130. The van der Waals surface area contributed by atoms with Gasteiger partial charge in [-0.3, -0.25) is 4.72 Å². The molecule has 0 unspecified atom stereocenters. The van der Waals surface area contributed by atoms with Gasteiger partial charge in [-0.15, -0.1) is 0 Å². The molecule has 0 saturated heterocycles. The Morgan fingerprint density at radius 2 is 1.88 bits per heavy atom. The van der Waals surface area contributed by atoms with E-state index in [1.54, 1.807) is 26.0 Å². The average molecular weight is 396 g/mol. The van der Waals surface area contributed by atoms with Crippen LogP contribution >= 0.6 is 23.2 Å². The fourth-order valence-corrected chi connectivity index (χ4v) is 4.15. The predicted molar refractivity (Wildman–Crippen MR) is 94.4 cm³/mol. The van der Waals surface area contributed by atoms with Crippen LogP contribution in [0.3, 0.4) is 0 Å². The predicted octanol–water partition coefficient (Wildman–Crippen LogP) is 3.33. The number of nitrogens with one attached hydrogen (secondary N) is 1. The molecule has 0 saturated carbocycles. The number of hydrogen-bond donors (Lipinski definition) is 1. The number of nitrogens with zero attached hydrogens (tertiary/aromatic N) is 4. The zero-order chi connectivity index (χ0) is 18.4. The maximum Gasteiger partial charge on any atom is 0.282 e. The molecule has 0 radical (unpaired) electrons. The molecule has 7 nitrogen and oxygen atoms in total. The van der Waals surface area contributed by atoms with Crippen molar-refractivity contribution < 1.29 is 8.42 Å². The zero-order valence-electron chi connectivity index (χ0n) is 13.1. The Morgan fingerprint density at radius 3 is 2.48 bits per heavy atom. The van der Waals surface area contributed by atoms with Crippen molar-refractivity contribution in [2.45, 2.75) is 18.9 Å². The Morgan fingerprint density at radius 1 is 1.24 bits per heavy atom. The molecule has 0 atom stereocenters. The lowest BCUT2D eigenvalue weighted by Gasteiger charge is -2.09. The molecular formula is C15H11Cl2N5O2S. The van der Waals surface area contributed by atoms with Crippen molar-refractivity contribution in [2.24, 2.45) is 0 Å². The summed E-state index contributed by atoms with van der Waals surface area (Å²) >= 11 is 12.0. The summed E-state index contributed by atoms with van der Waals surface area (Å²) in [6.07, 6.45) is 0. The fraction of sp³-hybridized carbons (Fsp3) is 0.133. The second kappa shape index (κ2) is 6.19. The summed E-state index contributed by atoms with van der Waals surface area (Å²) in [5.41, 5.74) is 1.34. The molecule has 10 heteroatoms. The normalized spacial score (nSPS) is 11.5. The van der Waals surface area contributed by atoms with Crippen molar-refractivity contribution in [2.75, 3.05) is 4.72 Å². The molecule has 3 aromatic rings. The smallest absolute Gasteiger partial charge is 0.275 e. The van der Waals surface area contributed by atoms with Crippen LogP contribution in [0.4, 0.5) is 5.69 Å². The summed E-state index contributed by atoms with van der Waals surface area (Å²) < 4.78 is 29.1. The zero-order valence-corrected chi connectivity index (χ0v) is 15.4. The van der Waals surface area contributed by atoms with E-state index in [0.29, 0.717) is 11.4 Å². The molecule has 0 bridgehead atoms. The van der Waals surface area contributed by atoms with Crippen molar-refractivity contribution in [1.82, 2.24) is 14.6 Å². The second-order valence-corrected chi connectivity index (χ2v) is 7.68. The summed E-state index contributed by atoms with van der Waals surface area (Å²) in [6, 6.07) is 8.17. The van der Waals surface area contributed by atoms with Crippen LogP contribution in [-0.2, 0) is 10.0 Å². The van der Waals surface area contributed by atoms with Gasteiger partial charge in [-0.1, -0.05) is 29.3 Å². The maximum absolute atomic E-state index is 12.8. The van der Waals surface area contributed by atoms with Crippen molar-refractivity contribution in [3.05, 3.63) is 51.3 Å². The van der Waals surface area contributed by atoms with Gasteiger partial charge < -0.3 is 0 Å². The number of sulfonamides is 1. The number of aryl methyl sites for hydroxylation is 2. The Labute approximate surface area is 153 Å². The molecule has 0 spiro atoms. The molecule has 1 aromatic carbocycles. The van der Waals surface area contributed by atoms with E-state index in [1.807, 2.05) is 6.07 Å². The number of nitriles is 1. The molecule has 25 heavy (non-hydrogen) atoms. The number of halogens is 2. The lowest BCUT2D eigenvalue weighted by atomic mass is 10.3. The van der Waals surface area contributed by atoms with E-state index < -0.39 is 15.0 Å². The minimum atomic E-state index is -4.21. The lowest BCUT2D eigenvalue weighted by molar-refractivity contribution is 0.595. The van der Waals surface area contributed by atoms with Gasteiger partial charge in [-0.2, -0.15) is 18.8 Å². The molecule has 2 heterocycles. The summed E-state index contributed by atoms with van der Waals surface area (Å²) in [5.74, 6) is 0. The summed E-state index contributed by atoms with van der Waals surface area (Å²) in [6.45, 7) is 3.49. The molecule has 1 N–H and O–H groups in total. The van der Waals surface area contributed by atoms with Crippen molar-refractivity contribution in [3.63, 3.8) is 0 Å². The standard InChI is InChI=1S/C15H11Cl2N5O2S/c1-8-6-9(2)22-14(19-8)10(7-18)15(20-22)25(23,24)21-13-11(16)4-3-5-12(13)17/h3-6,21H,1-2H3. The SMILES string of the molecule is Cc1cc(C)n2nc(S(=O)(=O)Nc3c(Cl)cccc3Cl)c(C#N)c2n1. The lowest BCUT2D eigenvalue weighted by Crippen LogP contribution is -2.15. The van der Waals surface area contributed by atoms with Crippen molar-refractivity contribution in [1.29, 1.82) is 5.26 Å². The van der Waals surface area contributed by atoms with Gasteiger partial charge in [-0.05, 0) is 32.0 Å². The van der Waals surface area contributed by atoms with Gasteiger partial charge in [0.25, 0.3) is 10.0 Å². The number of rotatable bonds is 3. The topological polar surface area (TPSA) is 100 Å². The highest BCUT2D eigenvalue weighted by atomic mass is 35.5. The van der Waals surface area contributed by atoms with Crippen LogP contribution in [0, 0.1) is 25.2 Å². The maximum atomic E-state index is 12.8. The molecule has 128 valence electrons. The largest absolute Gasteiger partial charge is 0.282 e. The first kappa shape index (κ1) is 17.5. The third kappa shape index (κ3) is 3.02. The molecule has 0 fully saturated rings. The number of para-hydroxylation sites is 1. The van der Waals surface area contributed by atoms with Crippen molar-refractivity contribution in [3.8, 4) is 6.07 Å². The molecule has 0 aliphatic heterocycles. The average Bonchev–Trinajstić information content (AvgIpc) is 2.91. The molecule has 3 rings (SSSR count). The van der Waals surface area contributed by atoms with E-state index in [4.69, 9.17) is 23.2 Å². The van der Waals surface area contributed by atoms with Gasteiger partial charge in [0.05, 0.1) is 15.7 Å². The van der Waals surface area contributed by atoms with Crippen LogP contribution in [0.2, 0.25) is 10.0 Å². The Balaban J connectivity index is 2.22. The number of fused-ring (bicyclic) bond motifs is 1. The van der Waals surface area contributed by atoms with Crippen molar-refractivity contribution >= 4 is 44.6 Å². The number of benzene rings is 1. The van der Waals surface area contributed by atoms with Crippen LogP contribution in [0.5, 0.6) is 0 Å². The van der Waals surface area contributed by atoms with E-state index in [-0.39, 0.29) is 26.9 Å². The van der Waals surface area contributed by atoms with E-state index in [1.165, 1.54) is 16.6 Å². The molecular weight excluding hydrogens is 385 g/mol. The second-order valence-electron chi connectivity index (χ2n) is 5.27. The number of aromatic nitrogens is 3. The molecule has 2 aromatic heterocycles. The summed E-state index contributed by atoms with van der Waals surface area (Å²) in [5, 5.41) is 13.3. The Kier molecular flexibility index (Phi) is 4.33. The highest BCUT2D eigenvalue weighted by Gasteiger charge is 2.28. The van der Waals surface area contributed by atoms with E-state index in [0.717, 1.165) is 0 Å². The number of anilines is 1. The monoisotopic (exact) mass is 395 g/mol. The first-order valence-corrected chi connectivity index (χ1v) is 9.22. The highest BCUT2D eigenvalue weighted by Crippen LogP contribution is 2.32. The Hall–Kier alpha value is -2.34. The highest BCUT2D eigenvalue weighted by molar-refractivity contribution is 7.92. The van der Waals surface area contributed by atoms with Crippen LogP contribution in [0.1, 0.15) is 17.0 Å². The first-order valence-electron chi connectivity index (χ1n) is 6.98. The summed E-state index contributed by atoms with van der Waals surface area (Å²) in [7, 11) is -4.21. The number of hydrogen-bond acceptors (Lipinski definition) is 5. The van der Waals surface area contributed by atoms with Gasteiger partial charge in [0.2, 0.25) is 5.03 Å². The van der Waals surface area contributed by atoms with Crippen LogP contribution in [0.25, 0.3) is 5.65 Å². The first-order chi connectivity index (χ1) is 11.7. The van der Waals surface area contributed by atoms with E-state index in [2.05, 4.69) is 14.8 Å². The van der Waals surface area contributed by atoms with Gasteiger partial charge in [0.15, 0.2) is 5.65 Å². The quantitative estimate of drug-likeness (QED) is 0.732. The van der Waals surface area contributed by atoms with E-state index >= 15 is 0 Å². The van der Waals surface area contributed by atoms with Crippen LogP contribution < -0.4 is 4.72 Å². The van der Waals surface area contributed by atoms with Crippen LogP contribution in [-0.4, -0.2) is 23.0 Å². The minimum absolute atomic E-state index is 0.0210. The minimum Gasteiger partial charge on any atom is -0.275 e. The van der Waals surface area contributed by atoms with Gasteiger partial charge >= 0.3 is 0 Å². The third-order valence-corrected chi connectivity index (χ3v) is 5.33.